The maximum absolute atomic E-state index is 14.2. The fraction of sp³-hybridized carbons (Fsp3) is 0.265. The van der Waals surface area contributed by atoms with E-state index < -0.39 is 6.04 Å². The van der Waals surface area contributed by atoms with E-state index in [1.54, 1.807) is 23.1 Å². The molecule has 1 N–H and O–H groups in total. The summed E-state index contributed by atoms with van der Waals surface area (Å²) in [5, 5.41) is 4.95. The molecule has 0 radical (unpaired) electrons. The molecule has 7 heteroatoms. The van der Waals surface area contributed by atoms with Crippen LogP contribution in [0.25, 0.3) is 10.8 Å². The Labute approximate surface area is 238 Å². The van der Waals surface area contributed by atoms with Gasteiger partial charge in [-0.25, -0.2) is 4.39 Å². The highest BCUT2D eigenvalue weighted by Gasteiger charge is 2.36. The maximum Gasteiger partial charge on any atom is 0.259 e. The van der Waals surface area contributed by atoms with E-state index in [-0.39, 0.29) is 42.7 Å². The molecule has 0 saturated heterocycles. The standard InChI is InChI=1S/C34H32FN3O3/c35-26-18-16-24(17-19-26)21-37(30(20-23-8-2-1-3-9-23)33(40)36-27-12-4-5-13-27)31(39)22-38-29-15-7-11-25-10-6-14-28(32(25)29)34(38)41/h1-3,6-11,14-19,27,30H,4-5,12-13,20-22H2,(H,36,40)/t30-/m1/s1. The van der Waals surface area contributed by atoms with Gasteiger partial charge in [0.2, 0.25) is 11.8 Å². The minimum atomic E-state index is -0.813. The molecule has 0 bridgehead atoms. The zero-order valence-electron chi connectivity index (χ0n) is 22.8. The van der Waals surface area contributed by atoms with Crippen molar-refractivity contribution in [1.82, 2.24) is 10.2 Å². The summed E-state index contributed by atoms with van der Waals surface area (Å²) in [4.78, 5) is 44.7. The Kier molecular flexibility index (Phi) is 7.51. The molecule has 1 heterocycles. The van der Waals surface area contributed by atoms with Crippen LogP contribution in [0.4, 0.5) is 10.1 Å². The third-order valence-electron chi connectivity index (χ3n) is 8.18. The van der Waals surface area contributed by atoms with Crippen LogP contribution in [0.15, 0.2) is 91.0 Å². The number of benzene rings is 4. The summed E-state index contributed by atoms with van der Waals surface area (Å²) in [5.41, 5.74) is 2.87. The van der Waals surface area contributed by atoms with Crippen molar-refractivity contribution in [1.29, 1.82) is 0 Å². The smallest absolute Gasteiger partial charge is 0.259 e. The third-order valence-corrected chi connectivity index (χ3v) is 8.18. The Morgan fingerprint density at radius 1 is 0.878 bits per heavy atom. The number of carbonyl (C=O) groups is 3. The van der Waals surface area contributed by atoms with Gasteiger partial charge in [-0.1, -0.05) is 79.6 Å². The number of halogens is 1. The Morgan fingerprint density at radius 3 is 2.32 bits per heavy atom. The van der Waals surface area contributed by atoms with Gasteiger partial charge in [0.25, 0.3) is 5.91 Å². The highest BCUT2D eigenvalue weighted by Crippen LogP contribution is 2.37. The number of amides is 3. The minimum Gasteiger partial charge on any atom is -0.352 e. The van der Waals surface area contributed by atoms with E-state index >= 15 is 0 Å². The molecule has 2 aliphatic rings. The Balaban J connectivity index is 1.34. The van der Waals surface area contributed by atoms with Crippen molar-refractivity contribution in [3.63, 3.8) is 0 Å². The van der Waals surface area contributed by atoms with Crippen molar-refractivity contribution in [2.45, 2.75) is 50.7 Å². The number of nitrogens with one attached hydrogen (secondary N) is 1. The zero-order chi connectivity index (χ0) is 28.3. The van der Waals surface area contributed by atoms with E-state index in [0.717, 1.165) is 42.0 Å². The first-order valence-electron chi connectivity index (χ1n) is 14.2. The summed E-state index contributed by atoms with van der Waals surface area (Å²) >= 11 is 0. The average molecular weight is 550 g/mol. The van der Waals surface area contributed by atoms with Gasteiger partial charge < -0.3 is 10.2 Å². The number of rotatable bonds is 9. The van der Waals surface area contributed by atoms with Crippen LogP contribution in [0.5, 0.6) is 0 Å². The first-order valence-corrected chi connectivity index (χ1v) is 14.2. The van der Waals surface area contributed by atoms with Gasteiger partial charge in [0.1, 0.15) is 18.4 Å². The van der Waals surface area contributed by atoms with E-state index in [2.05, 4.69) is 5.32 Å². The van der Waals surface area contributed by atoms with Gasteiger partial charge in [-0.05, 0) is 53.6 Å². The molecule has 4 aromatic rings. The molecule has 41 heavy (non-hydrogen) atoms. The number of nitrogens with zero attached hydrogens (tertiary/aromatic N) is 2. The Morgan fingerprint density at radius 2 is 1.59 bits per heavy atom. The Hall–Kier alpha value is -4.52. The van der Waals surface area contributed by atoms with Gasteiger partial charge in [0.15, 0.2) is 0 Å². The zero-order valence-corrected chi connectivity index (χ0v) is 22.8. The molecule has 1 fully saturated rings. The van der Waals surface area contributed by atoms with Crippen LogP contribution in [0.3, 0.4) is 0 Å². The topological polar surface area (TPSA) is 69.7 Å². The Bertz CT molecular complexity index is 1580. The average Bonchev–Trinajstić information content (AvgIpc) is 3.60. The van der Waals surface area contributed by atoms with Crippen molar-refractivity contribution in [2.24, 2.45) is 0 Å². The summed E-state index contributed by atoms with van der Waals surface area (Å²) in [7, 11) is 0. The van der Waals surface area contributed by atoms with E-state index in [0.29, 0.717) is 23.2 Å². The second-order valence-electron chi connectivity index (χ2n) is 10.9. The van der Waals surface area contributed by atoms with E-state index in [1.165, 1.54) is 17.0 Å². The van der Waals surface area contributed by atoms with Gasteiger partial charge in [-0.3, -0.25) is 19.3 Å². The van der Waals surface area contributed by atoms with Crippen LogP contribution in [0, 0.1) is 5.82 Å². The van der Waals surface area contributed by atoms with Crippen molar-refractivity contribution >= 4 is 34.2 Å². The van der Waals surface area contributed by atoms with Crippen LogP contribution in [0.2, 0.25) is 0 Å². The van der Waals surface area contributed by atoms with Crippen LogP contribution in [0.1, 0.15) is 47.2 Å². The van der Waals surface area contributed by atoms with Gasteiger partial charge in [-0.2, -0.15) is 0 Å². The first kappa shape index (κ1) is 26.7. The monoisotopic (exact) mass is 549 g/mol. The summed E-state index contributed by atoms with van der Waals surface area (Å²) in [6, 6.07) is 26.1. The van der Waals surface area contributed by atoms with Crippen molar-refractivity contribution in [3.8, 4) is 0 Å². The summed E-state index contributed by atoms with van der Waals surface area (Å²) in [6.07, 6.45) is 4.28. The fourth-order valence-electron chi connectivity index (χ4n) is 6.07. The van der Waals surface area contributed by atoms with Gasteiger partial charge in [0.05, 0.1) is 5.69 Å². The number of anilines is 1. The predicted octanol–water partition coefficient (Wildman–Crippen LogP) is 5.64. The second-order valence-corrected chi connectivity index (χ2v) is 10.9. The molecule has 6 rings (SSSR count). The van der Waals surface area contributed by atoms with Gasteiger partial charge in [-0.15, -0.1) is 0 Å². The molecule has 0 spiro atoms. The first-order chi connectivity index (χ1) is 20.0. The SMILES string of the molecule is O=C(NC1CCCC1)[C@@H](Cc1ccccc1)N(Cc1ccc(F)cc1)C(=O)CN1C(=O)c2cccc3cccc1c23. The lowest BCUT2D eigenvalue weighted by Gasteiger charge is -2.33. The summed E-state index contributed by atoms with van der Waals surface area (Å²) in [5.74, 6) is -1.17. The van der Waals surface area contributed by atoms with E-state index in [1.807, 2.05) is 60.7 Å². The lowest BCUT2D eigenvalue weighted by Crippen LogP contribution is -2.54. The van der Waals surface area contributed by atoms with E-state index in [9.17, 15) is 18.8 Å². The number of carbonyl (C=O) groups excluding carboxylic acids is 3. The molecule has 1 aliphatic heterocycles. The van der Waals surface area contributed by atoms with Crippen molar-refractivity contribution < 1.29 is 18.8 Å². The quantitative estimate of drug-likeness (QED) is 0.294. The third kappa shape index (κ3) is 5.57. The molecular weight excluding hydrogens is 517 g/mol. The van der Waals surface area contributed by atoms with Crippen LogP contribution in [-0.4, -0.2) is 41.2 Å². The van der Waals surface area contributed by atoms with Crippen molar-refractivity contribution in [2.75, 3.05) is 11.4 Å². The second kappa shape index (κ2) is 11.5. The lowest BCUT2D eigenvalue weighted by molar-refractivity contribution is -0.140. The van der Waals surface area contributed by atoms with Crippen LogP contribution >= 0.6 is 0 Å². The lowest BCUT2D eigenvalue weighted by atomic mass is 10.0. The molecule has 0 aromatic heterocycles. The molecule has 1 atom stereocenters. The molecule has 208 valence electrons. The fourth-order valence-corrected chi connectivity index (χ4v) is 6.07. The molecule has 4 aromatic carbocycles. The molecule has 1 saturated carbocycles. The largest absolute Gasteiger partial charge is 0.352 e. The summed E-state index contributed by atoms with van der Waals surface area (Å²) in [6.45, 7) is -0.107. The molecule has 3 amide bonds. The van der Waals surface area contributed by atoms with Gasteiger partial charge >= 0.3 is 0 Å². The maximum atomic E-state index is 14.2. The number of hydrogen-bond donors (Lipinski definition) is 1. The molecule has 0 unspecified atom stereocenters. The predicted molar refractivity (Wildman–Crippen MR) is 157 cm³/mol. The highest BCUT2D eigenvalue weighted by atomic mass is 19.1. The van der Waals surface area contributed by atoms with E-state index in [4.69, 9.17) is 0 Å². The minimum absolute atomic E-state index is 0.0795. The summed E-state index contributed by atoms with van der Waals surface area (Å²) < 4.78 is 13.7. The van der Waals surface area contributed by atoms with Crippen LogP contribution in [-0.2, 0) is 22.6 Å². The van der Waals surface area contributed by atoms with Crippen LogP contribution < -0.4 is 10.2 Å². The van der Waals surface area contributed by atoms with Gasteiger partial charge in [0, 0.05) is 30.0 Å². The van der Waals surface area contributed by atoms with Crippen molar-refractivity contribution in [3.05, 3.63) is 114 Å². The molecular formula is C34H32FN3O3. The number of hydrogen-bond acceptors (Lipinski definition) is 3. The normalized spacial score (nSPS) is 15.3. The highest BCUT2D eigenvalue weighted by molar-refractivity contribution is 6.26. The molecule has 6 nitrogen and oxygen atoms in total. The molecule has 1 aliphatic carbocycles.